The first-order chi connectivity index (χ1) is 11.6. The maximum absolute atomic E-state index is 13.0. The smallest absolute Gasteiger partial charge is 0.289 e. The van der Waals surface area contributed by atoms with Crippen molar-refractivity contribution in [1.29, 1.82) is 0 Å². The molecule has 2 rings (SSSR count). The fraction of sp³-hybridized carbons (Fsp3) is 0.133. The number of halogens is 1. The van der Waals surface area contributed by atoms with Crippen molar-refractivity contribution in [3.63, 3.8) is 0 Å². The van der Waals surface area contributed by atoms with Gasteiger partial charge in [-0.1, -0.05) is 23.7 Å². The molecule has 0 spiro atoms. The Kier molecular flexibility index (Phi) is 5.29. The van der Waals surface area contributed by atoms with Gasteiger partial charge < -0.3 is 5.73 Å². The summed E-state index contributed by atoms with van der Waals surface area (Å²) in [5, 5.41) is 11.6. The maximum Gasteiger partial charge on any atom is 0.289 e. The van der Waals surface area contributed by atoms with E-state index < -0.39 is 38.0 Å². The molecule has 0 saturated carbocycles. The molecule has 2 aromatic carbocycles. The highest BCUT2D eigenvalue weighted by Crippen LogP contribution is 2.31. The Hall–Kier alpha value is -2.65. The Balaban J connectivity index is 2.67. The van der Waals surface area contributed by atoms with Crippen LogP contribution in [0.4, 0.5) is 11.4 Å². The predicted octanol–water partition coefficient (Wildman–Crippen LogP) is 2.24. The Morgan fingerprint density at radius 3 is 2.48 bits per heavy atom. The van der Waals surface area contributed by atoms with Crippen molar-refractivity contribution >= 4 is 38.9 Å². The maximum atomic E-state index is 13.0. The molecule has 0 atom stereocenters. The Morgan fingerprint density at radius 2 is 1.92 bits per heavy atom. The lowest BCUT2D eigenvalue weighted by molar-refractivity contribution is -0.387. The number of para-hydroxylation sites is 1. The average molecular weight is 384 g/mol. The van der Waals surface area contributed by atoms with Crippen molar-refractivity contribution < 1.29 is 18.1 Å². The summed E-state index contributed by atoms with van der Waals surface area (Å²) >= 11 is 5.94. The number of nitrogens with two attached hydrogens (primary N) is 1. The molecule has 0 aliphatic heterocycles. The number of carbonyl (C=O) groups is 1. The standard InChI is InChI=1S/C15H14ClN3O5S/c1-10-8-11(6-7-12(10)16)18(9-15(17)20)25(23,24)14-5-3-2-4-13(14)19(21)22/h2-8H,9H2,1H3,(H2,17,20). The lowest BCUT2D eigenvalue weighted by Crippen LogP contribution is -2.38. The molecular formula is C15H14ClN3O5S. The van der Waals surface area contributed by atoms with Gasteiger partial charge in [-0.25, -0.2) is 8.42 Å². The largest absolute Gasteiger partial charge is 0.368 e. The molecule has 2 aromatic rings. The Morgan fingerprint density at radius 1 is 1.28 bits per heavy atom. The number of anilines is 1. The number of sulfonamides is 1. The zero-order valence-corrected chi connectivity index (χ0v) is 14.6. The first-order valence-electron chi connectivity index (χ1n) is 6.95. The molecule has 0 radical (unpaired) electrons. The van der Waals surface area contributed by atoms with E-state index in [1.54, 1.807) is 6.92 Å². The van der Waals surface area contributed by atoms with E-state index in [0.717, 1.165) is 16.4 Å². The topological polar surface area (TPSA) is 124 Å². The minimum atomic E-state index is -4.41. The third kappa shape index (κ3) is 3.89. The molecule has 0 aromatic heterocycles. The van der Waals surface area contributed by atoms with Crippen LogP contribution in [0.5, 0.6) is 0 Å². The molecule has 10 heteroatoms. The van der Waals surface area contributed by atoms with Crippen LogP contribution in [0.2, 0.25) is 5.02 Å². The molecule has 0 bridgehead atoms. The molecular weight excluding hydrogens is 370 g/mol. The van der Waals surface area contributed by atoms with Crippen molar-refractivity contribution in [1.82, 2.24) is 0 Å². The minimum absolute atomic E-state index is 0.124. The molecule has 0 saturated heterocycles. The second-order valence-corrected chi connectivity index (χ2v) is 7.37. The van der Waals surface area contributed by atoms with E-state index in [1.807, 2.05) is 0 Å². The summed E-state index contributed by atoms with van der Waals surface area (Å²) in [6.07, 6.45) is 0. The van der Waals surface area contributed by atoms with Crippen LogP contribution in [-0.2, 0) is 14.8 Å². The lowest BCUT2D eigenvalue weighted by atomic mass is 10.2. The van der Waals surface area contributed by atoms with Crippen molar-refractivity contribution in [2.45, 2.75) is 11.8 Å². The Bertz CT molecular complexity index is 946. The molecule has 2 N–H and O–H groups in total. The number of aryl methyl sites for hydroxylation is 1. The molecule has 132 valence electrons. The summed E-state index contributed by atoms with van der Waals surface area (Å²) < 4.78 is 26.7. The van der Waals surface area contributed by atoms with Gasteiger partial charge in [0.2, 0.25) is 5.91 Å². The van der Waals surface area contributed by atoms with Crippen molar-refractivity contribution in [3.05, 3.63) is 63.2 Å². The van der Waals surface area contributed by atoms with Crippen LogP contribution in [0.1, 0.15) is 5.56 Å². The number of nitro groups is 1. The van der Waals surface area contributed by atoms with Crippen LogP contribution in [0.25, 0.3) is 0 Å². The number of primary amides is 1. The molecule has 1 amide bonds. The Labute approximate surface area is 149 Å². The quantitative estimate of drug-likeness (QED) is 0.605. The van der Waals surface area contributed by atoms with E-state index in [4.69, 9.17) is 17.3 Å². The number of benzene rings is 2. The SMILES string of the molecule is Cc1cc(N(CC(N)=O)S(=O)(=O)c2ccccc2[N+](=O)[O-])ccc1Cl. The molecule has 0 unspecified atom stereocenters. The number of rotatable bonds is 6. The van der Waals surface area contributed by atoms with Crippen LogP contribution in [-0.4, -0.2) is 25.8 Å². The predicted molar refractivity (Wildman–Crippen MR) is 93.0 cm³/mol. The molecule has 0 aliphatic rings. The summed E-state index contributed by atoms with van der Waals surface area (Å²) in [7, 11) is -4.41. The number of hydrogen-bond acceptors (Lipinski definition) is 5. The third-order valence-corrected chi connectivity index (χ3v) is 5.60. The van der Waals surface area contributed by atoms with E-state index >= 15 is 0 Å². The van der Waals surface area contributed by atoms with Crippen LogP contribution in [0, 0.1) is 17.0 Å². The summed E-state index contributed by atoms with van der Waals surface area (Å²) in [6.45, 7) is 0.987. The van der Waals surface area contributed by atoms with Gasteiger partial charge in [-0.2, -0.15) is 0 Å². The zero-order chi connectivity index (χ0) is 18.8. The molecule has 8 nitrogen and oxygen atoms in total. The zero-order valence-electron chi connectivity index (χ0n) is 13.0. The number of nitrogens with zero attached hydrogens (tertiary/aromatic N) is 2. The summed E-state index contributed by atoms with van der Waals surface area (Å²) in [5.74, 6) is -0.908. The van der Waals surface area contributed by atoms with Crippen LogP contribution in [0.3, 0.4) is 0 Å². The summed E-state index contributed by atoms with van der Waals surface area (Å²) in [4.78, 5) is 21.2. The summed E-state index contributed by atoms with van der Waals surface area (Å²) in [5.41, 5.74) is 5.27. The highest BCUT2D eigenvalue weighted by Gasteiger charge is 2.32. The third-order valence-electron chi connectivity index (χ3n) is 3.36. The van der Waals surface area contributed by atoms with Crippen molar-refractivity contribution in [2.75, 3.05) is 10.8 Å². The van der Waals surface area contributed by atoms with Gasteiger partial charge in [0.25, 0.3) is 15.7 Å². The molecule has 0 heterocycles. The lowest BCUT2D eigenvalue weighted by Gasteiger charge is -2.23. The normalized spacial score (nSPS) is 11.1. The molecule has 0 fully saturated rings. The van der Waals surface area contributed by atoms with Gasteiger partial charge in [0.1, 0.15) is 6.54 Å². The van der Waals surface area contributed by atoms with E-state index in [9.17, 15) is 23.3 Å². The van der Waals surface area contributed by atoms with Gasteiger partial charge in [-0.3, -0.25) is 19.2 Å². The van der Waals surface area contributed by atoms with E-state index in [-0.39, 0.29) is 5.69 Å². The summed E-state index contributed by atoms with van der Waals surface area (Å²) in [6, 6.07) is 9.20. The number of nitro benzene ring substituents is 1. The highest BCUT2D eigenvalue weighted by molar-refractivity contribution is 7.93. The van der Waals surface area contributed by atoms with Gasteiger partial charge in [-0.05, 0) is 36.8 Å². The van der Waals surface area contributed by atoms with Gasteiger partial charge in [0, 0.05) is 11.1 Å². The second-order valence-electron chi connectivity index (χ2n) is 5.14. The van der Waals surface area contributed by atoms with Gasteiger partial charge in [0.15, 0.2) is 4.90 Å². The average Bonchev–Trinajstić information content (AvgIpc) is 2.55. The van der Waals surface area contributed by atoms with Gasteiger partial charge in [0.05, 0.1) is 10.6 Å². The van der Waals surface area contributed by atoms with Crippen LogP contribution >= 0.6 is 11.6 Å². The van der Waals surface area contributed by atoms with Crippen molar-refractivity contribution in [3.8, 4) is 0 Å². The van der Waals surface area contributed by atoms with Gasteiger partial charge in [-0.15, -0.1) is 0 Å². The minimum Gasteiger partial charge on any atom is -0.368 e. The number of amides is 1. The van der Waals surface area contributed by atoms with E-state index in [1.165, 1.54) is 30.3 Å². The van der Waals surface area contributed by atoms with E-state index in [2.05, 4.69) is 0 Å². The number of carbonyl (C=O) groups excluding carboxylic acids is 1. The van der Waals surface area contributed by atoms with Crippen molar-refractivity contribution in [2.24, 2.45) is 5.73 Å². The fourth-order valence-corrected chi connectivity index (χ4v) is 3.89. The first kappa shape index (κ1) is 18.7. The molecule has 25 heavy (non-hydrogen) atoms. The van der Waals surface area contributed by atoms with Crippen LogP contribution < -0.4 is 10.0 Å². The van der Waals surface area contributed by atoms with Crippen LogP contribution in [0.15, 0.2) is 47.4 Å². The monoisotopic (exact) mass is 383 g/mol. The second kappa shape index (κ2) is 7.08. The first-order valence-corrected chi connectivity index (χ1v) is 8.77. The fourth-order valence-electron chi connectivity index (χ4n) is 2.19. The number of hydrogen-bond donors (Lipinski definition) is 1. The molecule has 0 aliphatic carbocycles. The van der Waals surface area contributed by atoms with Gasteiger partial charge >= 0.3 is 0 Å². The highest BCUT2D eigenvalue weighted by atomic mass is 35.5. The van der Waals surface area contributed by atoms with E-state index in [0.29, 0.717) is 10.6 Å².